The number of nitrogens with zero attached hydrogens (tertiary/aromatic N) is 2. The number of aromatic nitrogens is 1. The Hall–Kier alpha value is -2.54. The van der Waals surface area contributed by atoms with Crippen LogP contribution < -0.4 is 4.74 Å². The molecule has 0 unspecified atom stereocenters. The smallest absolute Gasteiger partial charge is 0.338 e. The van der Waals surface area contributed by atoms with Crippen molar-refractivity contribution in [3.05, 3.63) is 44.3 Å². The van der Waals surface area contributed by atoms with Gasteiger partial charge in [0.1, 0.15) is 0 Å². The highest BCUT2D eigenvalue weighted by Gasteiger charge is 2.21. The van der Waals surface area contributed by atoms with Gasteiger partial charge in [-0.15, -0.1) is 0 Å². The van der Waals surface area contributed by atoms with Crippen molar-refractivity contribution in [2.24, 2.45) is 0 Å². The number of methoxy groups -OCH3 is 1. The third-order valence-corrected chi connectivity index (χ3v) is 3.03. The van der Waals surface area contributed by atoms with Gasteiger partial charge in [0.25, 0.3) is 0 Å². The Kier molecular flexibility index (Phi) is 4.13. The molecule has 0 bridgehead atoms. The Morgan fingerprint density at radius 2 is 2.19 bits per heavy atom. The van der Waals surface area contributed by atoms with Gasteiger partial charge < -0.3 is 14.4 Å². The van der Waals surface area contributed by atoms with Gasteiger partial charge in [-0.25, -0.2) is 0 Å². The molecule has 0 aliphatic carbocycles. The van der Waals surface area contributed by atoms with Crippen LogP contribution >= 0.6 is 11.6 Å². The predicted octanol–water partition coefficient (Wildman–Crippen LogP) is 3.43. The minimum Gasteiger partial charge on any atom is -0.503 e. The summed E-state index contributed by atoms with van der Waals surface area (Å²) in [7, 11) is 1.39. The van der Waals surface area contributed by atoms with Gasteiger partial charge in [0, 0.05) is 0 Å². The van der Waals surface area contributed by atoms with Gasteiger partial charge in [-0.2, -0.15) is 0 Å². The van der Waals surface area contributed by atoms with Gasteiger partial charge in [-0.05, 0) is 30.7 Å². The summed E-state index contributed by atoms with van der Waals surface area (Å²) in [6, 6.07) is 3.03. The van der Waals surface area contributed by atoms with Crippen LogP contribution in [0.25, 0.3) is 12.2 Å². The number of phenols is 1. The summed E-state index contributed by atoms with van der Waals surface area (Å²) in [5.74, 6) is 0.0591. The lowest BCUT2D eigenvalue weighted by atomic mass is 10.1. The largest absolute Gasteiger partial charge is 0.503 e. The van der Waals surface area contributed by atoms with Crippen molar-refractivity contribution in [1.29, 1.82) is 0 Å². The minimum atomic E-state index is -0.560. The molecule has 1 aromatic carbocycles. The van der Waals surface area contributed by atoms with Crippen molar-refractivity contribution in [2.75, 3.05) is 7.11 Å². The van der Waals surface area contributed by atoms with E-state index in [-0.39, 0.29) is 33.7 Å². The lowest BCUT2D eigenvalue weighted by molar-refractivity contribution is -0.386. The van der Waals surface area contributed by atoms with E-state index in [9.17, 15) is 15.2 Å². The Bertz CT molecular complexity index is 724. The van der Waals surface area contributed by atoms with Gasteiger partial charge >= 0.3 is 5.69 Å². The van der Waals surface area contributed by atoms with Crippen LogP contribution in [-0.4, -0.2) is 22.3 Å². The highest BCUT2D eigenvalue weighted by atomic mass is 35.5. The maximum Gasteiger partial charge on any atom is 0.338 e. The topological polar surface area (TPSA) is 98.6 Å². The lowest BCUT2D eigenvalue weighted by Gasteiger charge is -2.05. The van der Waals surface area contributed by atoms with Crippen LogP contribution in [0.15, 0.2) is 16.7 Å². The molecule has 8 heteroatoms. The number of rotatable bonds is 4. The number of benzene rings is 1. The molecule has 2 aromatic rings. The second-order valence-electron chi connectivity index (χ2n) is 4.12. The molecule has 0 radical (unpaired) electrons. The first-order valence-corrected chi connectivity index (χ1v) is 6.17. The first kappa shape index (κ1) is 14.9. The molecule has 2 rings (SSSR count). The van der Waals surface area contributed by atoms with Gasteiger partial charge in [0.15, 0.2) is 17.2 Å². The van der Waals surface area contributed by atoms with Crippen molar-refractivity contribution < 1.29 is 19.3 Å². The summed E-state index contributed by atoms with van der Waals surface area (Å²) in [4.78, 5) is 10.4. The molecular weight excluding hydrogens is 300 g/mol. The SMILES string of the molecule is COc1cc(C=Cc2onc(C)c2[N+](=O)[O-])cc(Cl)c1O. The predicted molar refractivity (Wildman–Crippen MR) is 76.5 cm³/mol. The van der Waals surface area contributed by atoms with Gasteiger partial charge in [0.05, 0.1) is 17.1 Å². The van der Waals surface area contributed by atoms with E-state index in [0.717, 1.165) is 0 Å². The van der Waals surface area contributed by atoms with Crippen LogP contribution in [0.1, 0.15) is 17.0 Å². The third-order valence-electron chi connectivity index (χ3n) is 2.74. The molecule has 110 valence electrons. The highest BCUT2D eigenvalue weighted by molar-refractivity contribution is 6.32. The van der Waals surface area contributed by atoms with E-state index < -0.39 is 4.92 Å². The van der Waals surface area contributed by atoms with Crippen LogP contribution in [0.3, 0.4) is 0 Å². The Morgan fingerprint density at radius 1 is 1.48 bits per heavy atom. The maximum atomic E-state index is 10.9. The average Bonchev–Trinajstić information content (AvgIpc) is 2.81. The number of nitro groups is 1. The van der Waals surface area contributed by atoms with Gasteiger partial charge in [-0.1, -0.05) is 22.8 Å². The fourth-order valence-corrected chi connectivity index (χ4v) is 1.95. The first-order valence-electron chi connectivity index (χ1n) is 5.79. The number of hydrogen-bond donors (Lipinski definition) is 1. The summed E-state index contributed by atoms with van der Waals surface area (Å²) < 4.78 is 9.87. The number of aryl methyl sites for hydroxylation is 1. The zero-order valence-electron chi connectivity index (χ0n) is 11.2. The first-order chi connectivity index (χ1) is 9.93. The fraction of sp³-hybridized carbons (Fsp3) is 0.154. The molecule has 1 aromatic heterocycles. The molecule has 0 spiro atoms. The summed E-state index contributed by atoms with van der Waals surface area (Å²) in [6.45, 7) is 1.49. The zero-order chi connectivity index (χ0) is 15.6. The molecule has 0 amide bonds. The van der Waals surface area contributed by atoms with Crippen LogP contribution in [0, 0.1) is 17.0 Å². The normalized spacial score (nSPS) is 11.0. The summed E-state index contributed by atoms with van der Waals surface area (Å²) in [5.41, 5.74) is 0.585. The number of hydrogen-bond acceptors (Lipinski definition) is 6. The minimum absolute atomic E-state index is 0.0284. The van der Waals surface area contributed by atoms with Gasteiger partial charge in [0.2, 0.25) is 5.76 Å². The van der Waals surface area contributed by atoms with Crippen LogP contribution in [0.4, 0.5) is 5.69 Å². The molecule has 0 aliphatic heterocycles. The number of halogens is 1. The zero-order valence-corrected chi connectivity index (χ0v) is 11.9. The summed E-state index contributed by atoms with van der Waals surface area (Å²) >= 11 is 5.86. The second-order valence-corrected chi connectivity index (χ2v) is 4.53. The Morgan fingerprint density at radius 3 is 2.81 bits per heavy atom. The molecule has 1 heterocycles. The van der Waals surface area contributed by atoms with E-state index >= 15 is 0 Å². The lowest BCUT2D eigenvalue weighted by Crippen LogP contribution is -1.90. The molecule has 0 saturated carbocycles. The average molecular weight is 311 g/mol. The molecule has 21 heavy (non-hydrogen) atoms. The van der Waals surface area contributed by atoms with Gasteiger partial charge in [-0.3, -0.25) is 10.1 Å². The van der Waals surface area contributed by atoms with E-state index in [4.69, 9.17) is 20.9 Å². The maximum absolute atomic E-state index is 10.9. The molecule has 1 N–H and O–H groups in total. The standard InChI is InChI=1S/C13H11ClN2O5/c1-7-12(16(18)19)10(21-15-7)4-3-8-5-9(14)13(17)11(6-8)20-2/h3-6,17H,1-2H3. The van der Waals surface area contributed by atoms with E-state index in [1.165, 1.54) is 32.2 Å². The van der Waals surface area contributed by atoms with E-state index in [1.54, 1.807) is 6.08 Å². The fourth-order valence-electron chi connectivity index (χ4n) is 1.73. The van der Waals surface area contributed by atoms with Crippen molar-refractivity contribution >= 4 is 29.4 Å². The summed E-state index contributed by atoms with van der Waals surface area (Å²) in [5, 5.41) is 24.2. The quantitative estimate of drug-likeness (QED) is 0.686. The second kappa shape index (κ2) is 5.84. The monoisotopic (exact) mass is 310 g/mol. The number of aromatic hydroxyl groups is 1. The molecule has 0 saturated heterocycles. The number of phenolic OH excluding ortho intramolecular Hbond substituents is 1. The van der Waals surface area contributed by atoms with E-state index in [2.05, 4.69) is 5.16 Å². The Labute approximate surface area is 124 Å². The molecule has 0 aliphatic rings. The van der Waals surface area contributed by atoms with Crippen LogP contribution in [0.2, 0.25) is 5.02 Å². The van der Waals surface area contributed by atoms with Crippen molar-refractivity contribution in [3.63, 3.8) is 0 Å². The molecular formula is C13H11ClN2O5. The molecule has 0 fully saturated rings. The van der Waals surface area contributed by atoms with Crippen molar-refractivity contribution in [1.82, 2.24) is 5.16 Å². The van der Waals surface area contributed by atoms with Crippen LogP contribution in [0.5, 0.6) is 11.5 Å². The van der Waals surface area contributed by atoms with E-state index in [1.807, 2.05) is 0 Å². The molecule has 7 nitrogen and oxygen atoms in total. The van der Waals surface area contributed by atoms with Crippen molar-refractivity contribution in [2.45, 2.75) is 6.92 Å². The third kappa shape index (κ3) is 2.97. The van der Waals surface area contributed by atoms with Crippen molar-refractivity contribution in [3.8, 4) is 11.5 Å². The van der Waals surface area contributed by atoms with E-state index in [0.29, 0.717) is 5.56 Å². The summed E-state index contributed by atoms with van der Waals surface area (Å²) in [6.07, 6.45) is 2.95. The highest BCUT2D eigenvalue weighted by Crippen LogP contribution is 2.35. The molecule has 0 atom stereocenters. The number of ether oxygens (including phenoxy) is 1. The van der Waals surface area contributed by atoms with Crippen LogP contribution in [-0.2, 0) is 0 Å². The Balaban J connectivity index is 2.38.